The molecule has 0 amide bonds. The molecule has 30 heavy (non-hydrogen) atoms. The molecule has 0 bridgehead atoms. The summed E-state index contributed by atoms with van der Waals surface area (Å²) in [5.74, 6) is 1.14. The number of alkyl halides is 3. The van der Waals surface area contributed by atoms with Gasteiger partial charge < -0.3 is 4.52 Å². The molecule has 3 aromatic rings. The van der Waals surface area contributed by atoms with Crippen LogP contribution >= 0.6 is 0 Å². The highest BCUT2D eigenvalue weighted by atomic mass is 19.4. The quantitative estimate of drug-likeness (QED) is 0.607. The van der Waals surface area contributed by atoms with E-state index in [0.29, 0.717) is 23.8 Å². The van der Waals surface area contributed by atoms with Crippen molar-refractivity contribution in [1.82, 2.24) is 19.9 Å². The maximum Gasteiger partial charge on any atom is 0.416 e. The van der Waals surface area contributed by atoms with E-state index in [4.69, 9.17) is 4.52 Å². The molecule has 1 atom stereocenters. The van der Waals surface area contributed by atoms with Crippen LogP contribution in [0.1, 0.15) is 30.0 Å². The average Bonchev–Trinajstić information content (AvgIpc) is 3.24. The van der Waals surface area contributed by atoms with Crippen LogP contribution in [0.3, 0.4) is 0 Å². The van der Waals surface area contributed by atoms with E-state index in [0.717, 1.165) is 37.8 Å². The van der Waals surface area contributed by atoms with Gasteiger partial charge in [-0.3, -0.25) is 9.80 Å². The van der Waals surface area contributed by atoms with Crippen LogP contribution in [0.25, 0.3) is 11.4 Å². The fourth-order valence-corrected chi connectivity index (χ4v) is 3.68. The van der Waals surface area contributed by atoms with Crippen molar-refractivity contribution in [2.24, 2.45) is 0 Å². The molecule has 5 nitrogen and oxygen atoms in total. The molecule has 1 aromatic heterocycles. The molecule has 0 aliphatic carbocycles. The number of benzene rings is 2. The van der Waals surface area contributed by atoms with Crippen molar-refractivity contribution in [2.45, 2.75) is 25.7 Å². The van der Waals surface area contributed by atoms with E-state index >= 15 is 0 Å². The second kappa shape index (κ2) is 8.57. The van der Waals surface area contributed by atoms with E-state index in [1.165, 1.54) is 12.1 Å². The molecule has 1 saturated heterocycles. The third-order valence-corrected chi connectivity index (χ3v) is 5.45. The van der Waals surface area contributed by atoms with Gasteiger partial charge in [0, 0.05) is 38.3 Å². The molecule has 0 saturated carbocycles. The fourth-order valence-electron chi connectivity index (χ4n) is 3.68. The molecular weight excluding hydrogens is 393 g/mol. The monoisotopic (exact) mass is 416 g/mol. The van der Waals surface area contributed by atoms with Crippen LogP contribution in [0.15, 0.2) is 59.1 Å². The van der Waals surface area contributed by atoms with Crippen molar-refractivity contribution in [3.63, 3.8) is 0 Å². The summed E-state index contributed by atoms with van der Waals surface area (Å²) in [6, 6.07) is 15.2. The minimum absolute atomic E-state index is 0.0225. The van der Waals surface area contributed by atoms with E-state index in [-0.39, 0.29) is 6.04 Å². The Bertz CT molecular complexity index is 966. The maximum atomic E-state index is 12.9. The summed E-state index contributed by atoms with van der Waals surface area (Å²) < 4.78 is 44.2. The third-order valence-electron chi connectivity index (χ3n) is 5.45. The molecular formula is C22H23F3N4O. The SMILES string of the molecule is CC(c1nc(-c2ccccc2)no1)N1CCN(Cc2cccc(C(F)(F)F)c2)CC1. The normalized spacial score (nSPS) is 17.2. The fraction of sp³-hybridized carbons (Fsp3) is 0.364. The van der Waals surface area contributed by atoms with Gasteiger partial charge in [-0.2, -0.15) is 18.2 Å². The Hall–Kier alpha value is -2.71. The van der Waals surface area contributed by atoms with Gasteiger partial charge in [0.2, 0.25) is 11.7 Å². The lowest BCUT2D eigenvalue weighted by Crippen LogP contribution is -2.46. The van der Waals surface area contributed by atoms with Crippen LogP contribution in [0.2, 0.25) is 0 Å². The predicted octanol–water partition coefficient (Wildman–Crippen LogP) is 4.63. The molecule has 1 unspecified atom stereocenters. The second-order valence-corrected chi connectivity index (χ2v) is 7.51. The zero-order valence-corrected chi connectivity index (χ0v) is 16.6. The summed E-state index contributed by atoms with van der Waals surface area (Å²) in [7, 11) is 0. The summed E-state index contributed by atoms with van der Waals surface area (Å²) in [4.78, 5) is 8.96. The molecule has 1 fully saturated rings. The van der Waals surface area contributed by atoms with Gasteiger partial charge in [-0.15, -0.1) is 0 Å². The van der Waals surface area contributed by atoms with Gasteiger partial charge in [-0.05, 0) is 18.6 Å². The van der Waals surface area contributed by atoms with Crippen LogP contribution in [0, 0.1) is 0 Å². The Kier molecular flexibility index (Phi) is 5.87. The minimum Gasteiger partial charge on any atom is -0.337 e. The Morgan fingerprint density at radius 2 is 1.73 bits per heavy atom. The number of rotatable bonds is 5. The summed E-state index contributed by atoms with van der Waals surface area (Å²) in [6.45, 7) is 5.63. The Labute approximate surface area is 173 Å². The van der Waals surface area contributed by atoms with Crippen LogP contribution in [-0.4, -0.2) is 46.1 Å². The smallest absolute Gasteiger partial charge is 0.337 e. The van der Waals surface area contributed by atoms with Gasteiger partial charge >= 0.3 is 6.18 Å². The summed E-state index contributed by atoms with van der Waals surface area (Å²) >= 11 is 0. The Balaban J connectivity index is 1.34. The second-order valence-electron chi connectivity index (χ2n) is 7.51. The molecule has 8 heteroatoms. The van der Waals surface area contributed by atoms with Crippen LogP contribution in [0.4, 0.5) is 13.2 Å². The first kappa shape index (κ1) is 20.6. The van der Waals surface area contributed by atoms with Crippen molar-refractivity contribution in [3.8, 4) is 11.4 Å². The molecule has 2 heterocycles. The largest absolute Gasteiger partial charge is 0.416 e. The zero-order chi connectivity index (χ0) is 21.1. The first-order valence-electron chi connectivity index (χ1n) is 9.92. The molecule has 2 aromatic carbocycles. The Morgan fingerprint density at radius 3 is 2.43 bits per heavy atom. The lowest BCUT2D eigenvalue weighted by Gasteiger charge is -2.36. The van der Waals surface area contributed by atoms with Gasteiger partial charge in [0.05, 0.1) is 11.6 Å². The van der Waals surface area contributed by atoms with Gasteiger partial charge in [0.15, 0.2) is 0 Å². The van der Waals surface area contributed by atoms with Crippen molar-refractivity contribution in [2.75, 3.05) is 26.2 Å². The van der Waals surface area contributed by atoms with E-state index < -0.39 is 11.7 Å². The lowest BCUT2D eigenvalue weighted by atomic mass is 10.1. The number of halogens is 3. The summed E-state index contributed by atoms with van der Waals surface area (Å²) in [6.07, 6.45) is -4.31. The van der Waals surface area contributed by atoms with Gasteiger partial charge in [0.1, 0.15) is 0 Å². The molecule has 4 rings (SSSR count). The summed E-state index contributed by atoms with van der Waals surface area (Å²) in [5, 5.41) is 4.09. The van der Waals surface area contributed by atoms with Crippen LogP contribution < -0.4 is 0 Å². The molecule has 1 aliphatic rings. The Morgan fingerprint density at radius 1 is 1.00 bits per heavy atom. The molecule has 158 valence electrons. The van der Waals surface area contributed by atoms with Gasteiger partial charge in [0.25, 0.3) is 0 Å². The number of aromatic nitrogens is 2. The van der Waals surface area contributed by atoms with E-state index in [1.807, 2.05) is 37.3 Å². The minimum atomic E-state index is -4.31. The van der Waals surface area contributed by atoms with Crippen molar-refractivity contribution in [1.29, 1.82) is 0 Å². The number of piperazine rings is 1. The molecule has 0 radical (unpaired) electrons. The topological polar surface area (TPSA) is 45.4 Å². The lowest BCUT2D eigenvalue weighted by molar-refractivity contribution is -0.137. The number of hydrogen-bond donors (Lipinski definition) is 0. The van der Waals surface area contributed by atoms with Gasteiger partial charge in [-0.25, -0.2) is 0 Å². The molecule has 1 aliphatic heterocycles. The number of hydrogen-bond acceptors (Lipinski definition) is 5. The van der Waals surface area contributed by atoms with Crippen LogP contribution in [-0.2, 0) is 12.7 Å². The zero-order valence-electron chi connectivity index (χ0n) is 16.6. The van der Waals surface area contributed by atoms with Gasteiger partial charge in [-0.1, -0.05) is 53.7 Å². The third kappa shape index (κ3) is 4.71. The van der Waals surface area contributed by atoms with Crippen molar-refractivity contribution < 1.29 is 17.7 Å². The first-order chi connectivity index (χ1) is 14.4. The first-order valence-corrected chi connectivity index (χ1v) is 9.92. The van der Waals surface area contributed by atoms with E-state index in [1.54, 1.807) is 6.07 Å². The predicted molar refractivity (Wildman–Crippen MR) is 106 cm³/mol. The number of nitrogens with zero attached hydrogens (tertiary/aromatic N) is 4. The van der Waals surface area contributed by atoms with E-state index in [2.05, 4.69) is 19.9 Å². The van der Waals surface area contributed by atoms with Crippen molar-refractivity contribution in [3.05, 3.63) is 71.6 Å². The highest BCUT2D eigenvalue weighted by molar-refractivity contribution is 5.53. The average molecular weight is 416 g/mol. The highest BCUT2D eigenvalue weighted by Crippen LogP contribution is 2.30. The van der Waals surface area contributed by atoms with Crippen LogP contribution in [0.5, 0.6) is 0 Å². The maximum absolute atomic E-state index is 12.9. The molecule has 0 N–H and O–H groups in total. The highest BCUT2D eigenvalue weighted by Gasteiger charge is 2.31. The summed E-state index contributed by atoms with van der Waals surface area (Å²) in [5.41, 5.74) is 0.985. The standard InChI is InChI=1S/C22H23F3N4O/c1-16(21-26-20(27-30-21)18-7-3-2-4-8-18)29-12-10-28(11-13-29)15-17-6-5-9-19(14-17)22(23,24)25/h2-9,14,16H,10-13,15H2,1H3. The van der Waals surface area contributed by atoms with Crippen molar-refractivity contribution >= 4 is 0 Å². The molecule has 0 spiro atoms. The van der Waals surface area contributed by atoms with E-state index in [9.17, 15) is 13.2 Å².